The zero-order chi connectivity index (χ0) is 12.3. The molecule has 6 nitrogen and oxygen atoms in total. The number of aliphatic carboxylic acids is 1. The molecule has 0 rings (SSSR count). The molecule has 0 bridgehead atoms. The van der Waals surface area contributed by atoms with Crippen molar-refractivity contribution < 1.29 is 28.0 Å². The summed E-state index contributed by atoms with van der Waals surface area (Å²) in [5.41, 5.74) is 0. The molecule has 0 spiro atoms. The van der Waals surface area contributed by atoms with E-state index in [9.17, 15) is 9.36 Å². The van der Waals surface area contributed by atoms with Crippen LogP contribution in [0.3, 0.4) is 0 Å². The molecule has 0 aliphatic rings. The van der Waals surface area contributed by atoms with E-state index in [0.717, 1.165) is 12.5 Å². The summed E-state index contributed by atoms with van der Waals surface area (Å²) in [5, 5.41) is 7.60. The van der Waals surface area contributed by atoms with Crippen LogP contribution in [0.1, 0.15) is 13.3 Å². The molecule has 90 valence electrons. The molecule has 1 N–H and O–H groups in total. The Morgan fingerprint density at radius 3 is 2.07 bits per heavy atom. The Bertz CT molecular complexity index is 219. The fraction of sp³-hybridized carbons (Fsp3) is 0.625. The molecule has 0 saturated heterocycles. The fourth-order valence-electron chi connectivity index (χ4n) is 0.383. The Hall–Kier alpha value is -0.680. The van der Waals surface area contributed by atoms with Gasteiger partial charge >= 0.3 is 13.8 Å². The van der Waals surface area contributed by atoms with Crippen LogP contribution in [0.15, 0.2) is 12.7 Å². The lowest BCUT2D eigenvalue weighted by atomic mass is 10.5. The molecule has 0 aromatic rings. The van der Waals surface area contributed by atoms with Crippen LogP contribution in [0.5, 0.6) is 0 Å². The summed E-state index contributed by atoms with van der Waals surface area (Å²) in [7, 11) is -0.614. The first-order valence-electron chi connectivity index (χ1n) is 4.17. The largest absolute Gasteiger partial charge is 0.478 e. The monoisotopic (exact) mass is 240 g/mol. The zero-order valence-electron chi connectivity index (χ0n) is 9.13. The Balaban J connectivity index is 0. The number of hydrogen-bond donors (Lipinski definition) is 1. The molecule has 15 heavy (non-hydrogen) atoms. The van der Waals surface area contributed by atoms with E-state index in [4.69, 9.17) is 9.63 Å². The lowest BCUT2D eigenvalue weighted by Crippen LogP contribution is -1.95. The van der Waals surface area contributed by atoms with Crippen molar-refractivity contribution in [2.75, 3.05) is 20.8 Å². The van der Waals surface area contributed by atoms with Gasteiger partial charge in [-0.2, -0.15) is 0 Å². The highest BCUT2D eigenvalue weighted by Gasteiger charge is 2.21. The minimum absolute atomic E-state index is 0.388. The van der Waals surface area contributed by atoms with Gasteiger partial charge in [-0.3, -0.25) is 13.6 Å². The summed E-state index contributed by atoms with van der Waals surface area (Å²) in [4.78, 5) is 9.25. The van der Waals surface area contributed by atoms with E-state index in [1.807, 2.05) is 6.92 Å². The van der Waals surface area contributed by atoms with E-state index in [0.29, 0.717) is 6.61 Å². The molecular formula is C8H17O6P. The SMILES string of the molecule is C=CC(=O)O.CCCOP(=O)(OC)OC. The predicted molar refractivity (Wildman–Crippen MR) is 55.7 cm³/mol. The lowest BCUT2D eigenvalue weighted by Gasteiger charge is -2.11. The summed E-state index contributed by atoms with van der Waals surface area (Å²) >= 11 is 0. The van der Waals surface area contributed by atoms with Gasteiger partial charge < -0.3 is 5.11 Å². The van der Waals surface area contributed by atoms with Crippen molar-refractivity contribution in [3.8, 4) is 0 Å². The average Bonchev–Trinajstić information content (AvgIpc) is 2.26. The van der Waals surface area contributed by atoms with Gasteiger partial charge in [-0.05, 0) is 6.42 Å². The van der Waals surface area contributed by atoms with E-state index in [2.05, 4.69) is 15.6 Å². The van der Waals surface area contributed by atoms with E-state index in [1.54, 1.807) is 0 Å². The number of carbonyl (C=O) groups is 1. The molecule has 0 fully saturated rings. The first-order valence-corrected chi connectivity index (χ1v) is 5.63. The fourth-order valence-corrected chi connectivity index (χ4v) is 1.15. The smallest absolute Gasteiger partial charge is 0.474 e. The Morgan fingerprint density at radius 1 is 1.47 bits per heavy atom. The average molecular weight is 240 g/mol. The quantitative estimate of drug-likeness (QED) is 0.565. The summed E-state index contributed by atoms with van der Waals surface area (Å²) in [6, 6.07) is 0. The van der Waals surface area contributed by atoms with Crippen molar-refractivity contribution in [1.82, 2.24) is 0 Å². The normalized spacial score (nSPS) is 10.1. The first-order chi connectivity index (χ1) is 6.95. The van der Waals surface area contributed by atoms with Crippen LogP contribution in [0.4, 0.5) is 0 Å². The molecule has 0 saturated carbocycles. The topological polar surface area (TPSA) is 82.1 Å². The molecule has 0 radical (unpaired) electrons. The molecule has 0 aliphatic heterocycles. The van der Waals surface area contributed by atoms with Crippen LogP contribution in [-0.4, -0.2) is 31.9 Å². The molecule has 0 atom stereocenters. The number of rotatable bonds is 6. The molecular weight excluding hydrogens is 223 g/mol. The number of phosphoric acid groups is 1. The number of carboxylic acids is 1. The second-order valence-corrected chi connectivity index (χ2v) is 4.07. The van der Waals surface area contributed by atoms with Crippen LogP contribution < -0.4 is 0 Å². The van der Waals surface area contributed by atoms with Gasteiger partial charge in [-0.1, -0.05) is 13.5 Å². The number of carboxylic acid groups (broad SMARTS) is 1. The highest BCUT2D eigenvalue weighted by atomic mass is 31.2. The van der Waals surface area contributed by atoms with Crippen molar-refractivity contribution in [3.63, 3.8) is 0 Å². The maximum absolute atomic E-state index is 11.0. The minimum Gasteiger partial charge on any atom is -0.478 e. The van der Waals surface area contributed by atoms with Gasteiger partial charge in [0.05, 0.1) is 6.61 Å². The third-order valence-corrected chi connectivity index (χ3v) is 2.47. The van der Waals surface area contributed by atoms with Crippen molar-refractivity contribution in [2.24, 2.45) is 0 Å². The van der Waals surface area contributed by atoms with Crippen LogP contribution in [0.2, 0.25) is 0 Å². The van der Waals surface area contributed by atoms with Crippen LogP contribution in [-0.2, 0) is 22.9 Å². The molecule has 0 unspecified atom stereocenters. The van der Waals surface area contributed by atoms with Crippen molar-refractivity contribution in [3.05, 3.63) is 12.7 Å². The van der Waals surface area contributed by atoms with Gasteiger partial charge in [0.15, 0.2) is 0 Å². The molecule has 0 amide bonds. The van der Waals surface area contributed by atoms with Gasteiger partial charge in [-0.25, -0.2) is 9.36 Å². The summed E-state index contributed by atoms with van der Waals surface area (Å²) in [6.07, 6.45) is 1.62. The third-order valence-electron chi connectivity index (χ3n) is 1.08. The Kier molecular flexibility index (Phi) is 11.0. The molecule has 0 aromatic heterocycles. The predicted octanol–water partition coefficient (Wildman–Crippen LogP) is 2.07. The number of phosphoric ester groups is 1. The highest BCUT2D eigenvalue weighted by Crippen LogP contribution is 2.47. The van der Waals surface area contributed by atoms with Crippen molar-refractivity contribution in [2.45, 2.75) is 13.3 Å². The zero-order valence-corrected chi connectivity index (χ0v) is 10.0. The number of hydrogen-bond acceptors (Lipinski definition) is 5. The van der Waals surface area contributed by atoms with Crippen molar-refractivity contribution >= 4 is 13.8 Å². The third kappa shape index (κ3) is 11.2. The first kappa shape index (κ1) is 16.7. The molecule has 7 heteroatoms. The molecule has 0 aromatic carbocycles. The van der Waals surface area contributed by atoms with Gasteiger partial charge in [0.1, 0.15) is 0 Å². The minimum atomic E-state index is -3.20. The molecule has 0 aliphatic carbocycles. The second kappa shape index (κ2) is 9.86. The Labute approximate surface area is 89.5 Å². The maximum atomic E-state index is 11.0. The van der Waals surface area contributed by atoms with E-state index in [1.165, 1.54) is 14.2 Å². The Morgan fingerprint density at radius 2 is 1.87 bits per heavy atom. The van der Waals surface area contributed by atoms with E-state index >= 15 is 0 Å². The summed E-state index contributed by atoms with van der Waals surface area (Å²) < 4.78 is 24.8. The highest BCUT2D eigenvalue weighted by molar-refractivity contribution is 7.48. The van der Waals surface area contributed by atoms with Gasteiger partial charge in [-0.15, -0.1) is 0 Å². The van der Waals surface area contributed by atoms with E-state index in [-0.39, 0.29) is 0 Å². The summed E-state index contributed by atoms with van der Waals surface area (Å²) in [6.45, 7) is 5.26. The van der Waals surface area contributed by atoms with Gasteiger partial charge in [0, 0.05) is 20.3 Å². The lowest BCUT2D eigenvalue weighted by molar-refractivity contribution is -0.131. The van der Waals surface area contributed by atoms with Crippen LogP contribution in [0, 0.1) is 0 Å². The summed E-state index contributed by atoms with van der Waals surface area (Å²) in [5.74, 6) is -0.981. The van der Waals surface area contributed by atoms with Crippen LogP contribution in [0.25, 0.3) is 0 Å². The molecule has 0 heterocycles. The maximum Gasteiger partial charge on any atom is 0.474 e. The van der Waals surface area contributed by atoms with Crippen molar-refractivity contribution in [1.29, 1.82) is 0 Å². The van der Waals surface area contributed by atoms with Crippen LogP contribution >= 0.6 is 7.82 Å². The van der Waals surface area contributed by atoms with Gasteiger partial charge in [0.2, 0.25) is 0 Å². The standard InChI is InChI=1S/C5H13O4P.C3H4O2/c1-4-5-9-10(6,7-2)8-3;1-2-3(4)5/h4-5H2,1-3H3;2H,1H2,(H,4,5). The van der Waals surface area contributed by atoms with E-state index < -0.39 is 13.8 Å². The van der Waals surface area contributed by atoms with Gasteiger partial charge in [0.25, 0.3) is 0 Å². The second-order valence-electron chi connectivity index (χ2n) is 2.19.